The summed E-state index contributed by atoms with van der Waals surface area (Å²) in [6.07, 6.45) is 6.82. The highest BCUT2D eigenvalue weighted by Crippen LogP contribution is 2.07. The van der Waals surface area contributed by atoms with E-state index in [2.05, 4.69) is 11.1 Å². The van der Waals surface area contributed by atoms with Gasteiger partial charge in [-0.15, -0.1) is 11.3 Å². The van der Waals surface area contributed by atoms with Crippen LogP contribution < -0.4 is 0 Å². The average molecular weight is 201 g/mol. The summed E-state index contributed by atoms with van der Waals surface area (Å²) in [6, 6.07) is 7.56. The van der Waals surface area contributed by atoms with Gasteiger partial charge in [-0.05, 0) is 30.5 Å². The number of rotatable bonds is 4. The summed E-state index contributed by atoms with van der Waals surface area (Å²) in [5, 5.41) is 2.33. The van der Waals surface area contributed by atoms with Gasteiger partial charge in [0.1, 0.15) is 0 Å². The van der Waals surface area contributed by atoms with Crippen molar-refractivity contribution in [1.29, 1.82) is 0 Å². The number of carbonyl (C=O) groups excluding carboxylic acids is 1. The van der Waals surface area contributed by atoms with Crippen LogP contribution in [0, 0.1) is 17.3 Å². The Balaban J connectivity index is 2.42. The number of benzene rings is 1. The molecule has 0 aliphatic carbocycles. The highest BCUT2D eigenvalue weighted by molar-refractivity contribution is 5.76. The van der Waals surface area contributed by atoms with Crippen molar-refractivity contribution in [1.82, 2.24) is 0 Å². The molecule has 0 fully saturated rings. The van der Waals surface area contributed by atoms with Crippen molar-refractivity contribution in [2.75, 3.05) is 0 Å². The van der Waals surface area contributed by atoms with Gasteiger partial charge in [-0.2, -0.15) is 0 Å². The van der Waals surface area contributed by atoms with Crippen LogP contribution in [0.4, 0.5) is 0 Å². The van der Waals surface area contributed by atoms with Crippen molar-refractivity contribution in [3.63, 3.8) is 0 Å². The molecule has 1 aromatic rings. The molecular weight excluding hydrogens is 190 g/mol. The summed E-state index contributed by atoms with van der Waals surface area (Å²) in [4.78, 5) is 20.4. The minimum absolute atomic E-state index is 0.209. The molecule has 1 rings (SSSR count). The molecule has 0 unspecified atom stereocenters. The number of terminal acetylenes is 1. The van der Waals surface area contributed by atoms with Crippen molar-refractivity contribution >= 4 is 5.91 Å². The maximum Gasteiger partial charge on any atom is 0.286 e. The fraction of sp³-hybridized carbons (Fsp3) is 0.250. The van der Waals surface area contributed by atoms with Gasteiger partial charge in [0.05, 0.1) is 0 Å². The molecule has 3 nitrogen and oxygen atoms in total. The van der Waals surface area contributed by atoms with Gasteiger partial charge >= 0.3 is 0 Å². The van der Waals surface area contributed by atoms with Gasteiger partial charge in [0, 0.05) is 17.2 Å². The largest absolute Gasteiger partial charge is 0.286 e. The zero-order valence-corrected chi connectivity index (χ0v) is 8.27. The Bertz CT molecular complexity index is 387. The van der Waals surface area contributed by atoms with Crippen molar-refractivity contribution < 1.29 is 4.79 Å². The summed E-state index contributed by atoms with van der Waals surface area (Å²) >= 11 is 0. The van der Waals surface area contributed by atoms with E-state index in [9.17, 15) is 9.70 Å². The van der Waals surface area contributed by atoms with Crippen molar-refractivity contribution in [2.24, 2.45) is 5.18 Å². The zero-order chi connectivity index (χ0) is 11.1. The lowest BCUT2D eigenvalue weighted by Crippen LogP contribution is -1.93. The highest BCUT2D eigenvalue weighted by atomic mass is 16.3. The van der Waals surface area contributed by atoms with E-state index in [1.807, 2.05) is 24.3 Å². The van der Waals surface area contributed by atoms with Crippen LogP contribution in [0.3, 0.4) is 0 Å². The highest BCUT2D eigenvalue weighted by Gasteiger charge is 2.00. The molecule has 0 aromatic heterocycles. The van der Waals surface area contributed by atoms with Gasteiger partial charge in [0.25, 0.3) is 5.91 Å². The number of nitroso groups, excluding NO2 is 1. The maximum absolute atomic E-state index is 10.6. The number of hydrogen-bond acceptors (Lipinski definition) is 2. The number of nitrogens with zero attached hydrogens (tertiary/aromatic N) is 1. The Labute approximate surface area is 88.5 Å². The number of aryl methyl sites for hydroxylation is 1. The van der Waals surface area contributed by atoms with E-state index >= 15 is 0 Å². The van der Waals surface area contributed by atoms with Crippen LogP contribution in [0.1, 0.15) is 24.0 Å². The normalized spacial score (nSPS) is 9.27. The van der Waals surface area contributed by atoms with Gasteiger partial charge in [-0.3, -0.25) is 4.79 Å². The van der Waals surface area contributed by atoms with Crippen molar-refractivity contribution in [2.45, 2.75) is 19.3 Å². The fourth-order valence-electron chi connectivity index (χ4n) is 1.26. The summed E-state index contributed by atoms with van der Waals surface area (Å²) in [7, 11) is 0. The molecule has 15 heavy (non-hydrogen) atoms. The van der Waals surface area contributed by atoms with Crippen LogP contribution in [-0.2, 0) is 11.2 Å². The van der Waals surface area contributed by atoms with Crippen LogP contribution >= 0.6 is 0 Å². The molecule has 0 aliphatic rings. The first kappa shape index (κ1) is 11.1. The lowest BCUT2D eigenvalue weighted by atomic mass is 10.1. The number of hydrogen-bond donors (Lipinski definition) is 0. The Morgan fingerprint density at radius 1 is 1.33 bits per heavy atom. The predicted octanol–water partition coefficient (Wildman–Crippen LogP) is 2.28. The standard InChI is InChI=1S/C12H11NO2/c1-2-10-6-8-11(9-7-10)4-3-5-12(14)13-15/h1,6-9H,3-5H2. The molecule has 0 bridgehead atoms. The predicted molar refractivity (Wildman–Crippen MR) is 58.1 cm³/mol. The second-order valence-electron chi connectivity index (χ2n) is 3.18. The van der Waals surface area contributed by atoms with Gasteiger partial charge in [-0.1, -0.05) is 18.1 Å². The van der Waals surface area contributed by atoms with Gasteiger partial charge in [0.15, 0.2) is 0 Å². The van der Waals surface area contributed by atoms with E-state index in [1.54, 1.807) is 0 Å². The Morgan fingerprint density at radius 3 is 2.53 bits per heavy atom. The zero-order valence-electron chi connectivity index (χ0n) is 8.27. The first-order valence-corrected chi connectivity index (χ1v) is 4.68. The molecule has 3 heteroatoms. The van der Waals surface area contributed by atoms with E-state index in [-0.39, 0.29) is 6.42 Å². The maximum atomic E-state index is 10.6. The van der Waals surface area contributed by atoms with E-state index < -0.39 is 5.91 Å². The topological polar surface area (TPSA) is 46.5 Å². The molecule has 1 aromatic carbocycles. The van der Waals surface area contributed by atoms with Crippen LogP contribution in [-0.4, -0.2) is 5.91 Å². The van der Waals surface area contributed by atoms with Crippen LogP contribution in [0.2, 0.25) is 0 Å². The summed E-state index contributed by atoms with van der Waals surface area (Å²) in [5.41, 5.74) is 1.94. The Hall–Kier alpha value is -1.95. The molecule has 0 radical (unpaired) electrons. The Kier molecular flexibility index (Phi) is 4.24. The number of carbonyl (C=O) groups is 1. The van der Waals surface area contributed by atoms with Gasteiger partial charge in [-0.25, -0.2) is 0 Å². The molecule has 1 amide bonds. The third kappa shape index (κ3) is 3.74. The molecule has 0 N–H and O–H groups in total. The second-order valence-corrected chi connectivity index (χ2v) is 3.18. The fourth-order valence-corrected chi connectivity index (χ4v) is 1.26. The Morgan fingerprint density at radius 2 is 2.00 bits per heavy atom. The number of amides is 1. The quantitative estimate of drug-likeness (QED) is 0.554. The minimum atomic E-state index is -0.588. The third-order valence-corrected chi connectivity index (χ3v) is 2.08. The van der Waals surface area contributed by atoms with Crippen LogP contribution in [0.25, 0.3) is 0 Å². The average Bonchev–Trinajstić information content (AvgIpc) is 2.29. The van der Waals surface area contributed by atoms with E-state index in [1.165, 1.54) is 0 Å². The minimum Gasteiger partial charge on any atom is -0.269 e. The molecule has 0 atom stereocenters. The van der Waals surface area contributed by atoms with E-state index in [0.717, 1.165) is 17.5 Å². The lowest BCUT2D eigenvalue weighted by molar-refractivity contribution is -0.118. The second kappa shape index (κ2) is 5.71. The first-order valence-electron chi connectivity index (χ1n) is 4.68. The van der Waals surface area contributed by atoms with Gasteiger partial charge < -0.3 is 0 Å². The van der Waals surface area contributed by atoms with Crippen LogP contribution in [0.15, 0.2) is 29.4 Å². The lowest BCUT2D eigenvalue weighted by Gasteiger charge is -1.99. The smallest absolute Gasteiger partial charge is 0.269 e. The molecule has 0 saturated carbocycles. The SMILES string of the molecule is C#Cc1ccc(CCCC(=O)N=O)cc1. The van der Waals surface area contributed by atoms with Crippen LogP contribution in [0.5, 0.6) is 0 Å². The molecule has 76 valence electrons. The molecule has 0 saturated heterocycles. The molecule has 0 heterocycles. The summed E-state index contributed by atoms with van der Waals surface area (Å²) in [6.45, 7) is 0. The van der Waals surface area contributed by atoms with Crippen molar-refractivity contribution in [3.8, 4) is 12.3 Å². The van der Waals surface area contributed by atoms with Crippen molar-refractivity contribution in [3.05, 3.63) is 40.3 Å². The summed E-state index contributed by atoms with van der Waals surface area (Å²) < 4.78 is 0. The molecular formula is C12H11NO2. The molecule has 0 aliphatic heterocycles. The monoisotopic (exact) mass is 201 g/mol. The van der Waals surface area contributed by atoms with E-state index in [0.29, 0.717) is 6.42 Å². The first-order chi connectivity index (χ1) is 7.26. The third-order valence-electron chi connectivity index (χ3n) is 2.08. The summed E-state index contributed by atoms with van der Waals surface area (Å²) in [5.74, 6) is 1.94. The molecule has 0 spiro atoms. The van der Waals surface area contributed by atoms with E-state index in [4.69, 9.17) is 6.42 Å². The van der Waals surface area contributed by atoms with Gasteiger partial charge in [0.2, 0.25) is 0 Å².